The fraction of sp³-hybridized carbons (Fsp3) is 0.286. The largest absolute Gasteiger partial charge is 0.368 e. The summed E-state index contributed by atoms with van der Waals surface area (Å²) in [6.45, 7) is 7.51. The summed E-state index contributed by atoms with van der Waals surface area (Å²) in [4.78, 5) is 16.7. The van der Waals surface area contributed by atoms with Crippen LogP contribution >= 0.6 is 11.6 Å². The van der Waals surface area contributed by atoms with Gasteiger partial charge in [0.2, 0.25) is 5.91 Å². The molecule has 0 atom stereocenters. The molecular formula is C21H23ClN2O. The van der Waals surface area contributed by atoms with Crippen LogP contribution in [0.15, 0.2) is 48.5 Å². The van der Waals surface area contributed by atoms with Crippen molar-refractivity contribution in [1.82, 2.24) is 4.90 Å². The van der Waals surface area contributed by atoms with Crippen molar-refractivity contribution < 1.29 is 4.79 Å². The van der Waals surface area contributed by atoms with Gasteiger partial charge in [0.25, 0.3) is 0 Å². The molecule has 1 amide bonds. The standard InChI is InChI=1S/C21H23ClN2O/c1-16-5-3-8-20(17(16)2)23-11-13-24(14-12-23)21(25)10-9-18-6-4-7-19(22)15-18/h3-10,15H,11-14H2,1-2H3. The Labute approximate surface area is 154 Å². The number of benzene rings is 2. The number of amides is 1. The molecule has 0 aromatic heterocycles. The normalized spacial score (nSPS) is 15.0. The Morgan fingerprint density at radius 3 is 2.48 bits per heavy atom. The number of halogens is 1. The van der Waals surface area contributed by atoms with Gasteiger partial charge in [-0.2, -0.15) is 0 Å². The molecule has 0 radical (unpaired) electrons. The smallest absolute Gasteiger partial charge is 0.246 e. The molecule has 1 saturated heterocycles. The lowest BCUT2D eigenvalue weighted by atomic mass is 10.1. The average molecular weight is 355 g/mol. The van der Waals surface area contributed by atoms with Crippen molar-refractivity contribution in [2.75, 3.05) is 31.1 Å². The van der Waals surface area contributed by atoms with E-state index >= 15 is 0 Å². The van der Waals surface area contributed by atoms with Crippen LogP contribution in [0.5, 0.6) is 0 Å². The van der Waals surface area contributed by atoms with Crippen molar-refractivity contribution in [2.24, 2.45) is 0 Å². The molecule has 25 heavy (non-hydrogen) atoms. The number of piperazine rings is 1. The maximum absolute atomic E-state index is 12.4. The number of rotatable bonds is 3. The van der Waals surface area contributed by atoms with Gasteiger partial charge in [0.1, 0.15) is 0 Å². The Hall–Kier alpha value is -2.26. The van der Waals surface area contributed by atoms with Gasteiger partial charge in [0, 0.05) is 43.0 Å². The first-order chi connectivity index (χ1) is 12.0. The molecule has 3 rings (SSSR count). The Morgan fingerprint density at radius 1 is 1.04 bits per heavy atom. The average Bonchev–Trinajstić information content (AvgIpc) is 2.62. The van der Waals surface area contributed by atoms with Gasteiger partial charge in [-0.25, -0.2) is 0 Å². The van der Waals surface area contributed by atoms with E-state index in [1.165, 1.54) is 16.8 Å². The Balaban J connectivity index is 1.60. The van der Waals surface area contributed by atoms with Gasteiger partial charge in [0.15, 0.2) is 0 Å². The summed E-state index contributed by atoms with van der Waals surface area (Å²) in [5.74, 6) is 0.0561. The van der Waals surface area contributed by atoms with Crippen molar-refractivity contribution in [2.45, 2.75) is 13.8 Å². The molecule has 0 aliphatic carbocycles. The molecule has 1 fully saturated rings. The predicted molar refractivity (Wildman–Crippen MR) is 105 cm³/mol. The summed E-state index contributed by atoms with van der Waals surface area (Å²) >= 11 is 5.97. The van der Waals surface area contributed by atoms with E-state index in [9.17, 15) is 4.79 Å². The van der Waals surface area contributed by atoms with Gasteiger partial charge in [-0.1, -0.05) is 35.9 Å². The number of anilines is 1. The molecule has 1 heterocycles. The highest BCUT2D eigenvalue weighted by Gasteiger charge is 2.20. The van der Waals surface area contributed by atoms with Crippen molar-refractivity contribution >= 4 is 29.3 Å². The van der Waals surface area contributed by atoms with E-state index in [1.54, 1.807) is 6.08 Å². The van der Waals surface area contributed by atoms with E-state index in [1.807, 2.05) is 35.2 Å². The molecule has 4 heteroatoms. The van der Waals surface area contributed by atoms with E-state index in [2.05, 4.69) is 36.9 Å². The van der Waals surface area contributed by atoms with Gasteiger partial charge < -0.3 is 9.80 Å². The monoisotopic (exact) mass is 354 g/mol. The number of aryl methyl sites for hydroxylation is 1. The number of nitrogens with zero attached hydrogens (tertiary/aromatic N) is 2. The lowest BCUT2D eigenvalue weighted by Gasteiger charge is -2.36. The summed E-state index contributed by atoms with van der Waals surface area (Å²) in [7, 11) is 0. The lowest BCUT2D eigenvalue weighted by molar-refractivity contribution is -0.126. The van der Waals surface area contributed by atoms with Crippen LogP contribution in [-0.2, 0) is 4.79 Å². The first kappa shape index (κ1) is 17.6. The lowest BCUT2D eigenvalue weighted by Crippen LogP contribution is -2.48. The highest BCUT2D eigenvalue weighted by atomic mass is 35.5. The molecule has 3 nitrogen and oxygen atoms in total. The van der Waals surface area contributed by atoms with E-state index in [0.717, 1.165) is 31.7 Å². The quantitative estimate of drug-likeness (QED) is 0.766. The Morgan fingerprint density at radius 2 is 1.76 bits per heavy atom. The van der Waals surface area contributed by atoms with Gasteiger partial charge in [-0.05, 0) is 54.8 Å². The van der Waals surface area contributed by atoms with Crippen LogP contribution in [0.4, 0.5) is 5.69 Å². The van der Waals surface area contributed by atoms with E-state index in [-0.39, 0.29) is 5.91 Å². The van der Waals surface area contributed by atoms with Gasteiger partial charge in [0.05, 0.1) is 0 Å². The van der Waals surface area contributed by atoms with E-state index in [0.29, 0.717) is 5.02 Å². The number of carbonyl (C=O) groups is 1. The molecule has 1 aliphatic heterocycles. The van der Waals surface area contributed by atoms with Gasteiger partial charge >= 0.3 is 0 Å². The molecule has 1 aliphatic rings. The third kappa shape index (κ3) is 4.23. The van der Waals surface area contributed by atoms with Crippen molar-refractivity contribution in [3.8, 4) is 0 Å². The number of hydrogen-bond donors (Lipinski definition) is 0. The first-order valence-corrected chi connectivity index (χ1v) is 8.96. The number of carbonyl (C=O) groups excluding carboxylic acids is 1. The fourth-order valence-corrected chi connectivity index (χ4v) is 3.33. The molecule has 0 unspecified atom stereocenters. The van der Waals surface area contributed by atoms with Gasteiger partial charge in [-0.15, -0.1) is 0 Å². The second-order valence-corrected chi connectivity index (χ2v) is 6.86. The second kappa shape index (κ2) is 7.75. The fourth-order valence-electron chi connectivity index (χ4n) is 3.13. The highest BCUT2D eigenvalue weighted by molar-refractivity contribution is 6.30. The summed E-state index contributed by atoms with van der Waals surface area (Å²) in [6.07, 6.45) is 3.46. The molecule has 2 aromatic carbocycles. The third-order valence-corrected chi connectivity index (χ3v) is 5.01. The second-order valence-electron chi connectivity index (χ2n) is 6.42. The van der Waals surface area contributed by atoms with Crippen LogP contribution in [-0.4, -0.2) is 37.0 Å². The van der Waals surface area contributed by atoms with Crippen molar-refractivity contribution in [3.63, 3.8) is 0 Å². The zero-order valence-corrected chi connectivity index (χ0v) is 15.5. The predicted octanol–water partition coefficient (Wildman–Crippen LogP) is 4.32. The highest BCUT2D eigenvalue weighted by Crippen LogP contribution is 2.24. The summed E-state index contributed by atoms with van der Waals surface area (Å²) < 4.78 is 0. The molecule has 0 N–H and O–H groups in total. The molecule has 130 valence electrons. The molecule has 0 bridgehead atoms. The van der Waals surface area contributed by atoms with Crippen molar-refractivity contribution in [1.29, 1.82) is 0 Å². The van der Waals surface area contributed by atoms with Crippen molar-refractivity contribution in [3.05, 3.63) is 70.3 Å². The minimum atomic E-state index is 0.0561. The van der Waals surface area contributed by atoms with Crippen LogP contribution in [0.2, 0.25) is 5.02 Å². The molecule has 0 saturated carbocycles. The third-order valence-electron chi connectivity index (χ3n) is 4.78. The zero-order chi connectivity index (χ0) is 17.8. The van der Waals surface area contributed by atoms with Crippen LogP contribution in [0.1, 0.15) is 16.7 Å². The topological polar surface area (TPSA) is 23.6 Å². The SMILES string of the molecule is Cc1cccc(N2CCN(C(=O)C=Cc3cccc(Cl)c3)CC2)c1C. The maximum Gasteiger partial charge on any atom is 0.246 e. The molecule has 2 aromatic rings. The molecular weight excluding hydrogens is 332 g/mol. The Kier molecular flexibility index (Phi) is 5.44. The maximum atomic E-state index is 12.4. The van der Waals surface area contributed by atoms with Crippen LogP contribution in [0.3, 0.4) is 0 Å². The van der Waals surface area contributed by atoms with Crippen LogP contribution < -0.4 is 4.90 Å². The first-order valence-electron chi connectivity index (χ1n) is 8.58. The summed E-state index contributed by atoms with van der Waals surface area (Å²) in [5, 5.41) is 0.678. The minimum absolute atomic E-state index is 0.0561. The zero-order valence-electron chi connectivity index (χ0n) is 14.7. The van der Waals surface area contributed by atoms with E-state index in [4.69, 9.17) is 11.6 Å². The molecule has 0 spiro atoms. The summed E-state index contributed by atoms with van der Waals surface area (Å²) in [5.41, 5.74) is 4.85. The van der Waals surface area contributed by atoms with Crippen LogP contribution in [0, 0.1) is 13.8 Å². The van der Waals surface area contributed by atoms with Gasteiger partial charge in [-0.3, -0.25) is 4.79 Å². The summed E-state index contributed by atoms with van der Waals surface area (Å²) in [6, 6.07) is 13.9. The van der Waals surface area contributed by atoms with E-state index < -0.39 is 0 Å². The number of hydrogen-bond acceptors (Lipinski definition) is 2. The van der Waals surface area contributed by atoms with Crippen LogP contribution in [0.25, 0.3) is 6.08 Å². The Bertz CT molecular complexity index is 792. The minimum Gasteiger partial charge on any atom is -0.368 e.